The Balaban J connectivity index is 2.36. The lowest BCUT2D eigenvalue weighted by molar-refractivity contribution is -0.120. The SMILES string of the molecule is CCCCCCCCCCCCOc1ccc(CC(COP(=O)(O)OCCCCN(C)C)CC(=O)CC)cc1. The molecule has 1 aromatic carbocycles. The number of Topliss-reactive ketones (excluding diaryl/α,β-unsaturated/α-hetero) is 1. The fourth-order valence-electron chi connectivity index (χ4n) is 4.44. The standard InChI is InChI=1S/C31H56NO6P/c1-5-7-8-9-10-11-12-13-14-16-23-36-31-20-18-28(19-21-31)25-29(26-30(33)6-2)27-38-39(34,35)37-24-17-15-22-32(3)4/h18-21,29H,5-17,22-27H2,1-4H3,(H,34,35). The van der Waals surface area contributed by atoms with Crippen LogP contribution in [0, 0.1) is 5.92 Å². The maximum Gasteiger partial charge on any atom is 0.472 e. The van der Waals surface area contributed by atoms with Gasteiger partial charge in [-0.2, -0.15) is 0 Å². The number of ketones is 1. The van der Waals surface area contributed by atoms with Gasteiger partial charge in [0.1, 0.15) is 11.5 Å². The number of benzene rings is 1. The summed E-state index contributed by atoms with van der Waals surface area (Å²) in [5.41, 5.74) is 1.04. The first-order valence-corrected chi connectivity index (χ1v) is 16.7. The largest absolute Gasteiger partial charge is 0.494 e. The van der Waals surface area contributed by atoms with E-state index in [9.17, 15) is 14.3 Å². The number of carbonyl (C=O) groups excluding carboxylic acids is 1. The molecule has 2 atom stereocenters. The summed E-state index contributed by atoms with van der Waals surface area (Å²) in [6.45, 7) is 5.86. The Kier molecular flexibility index (Phi) is 20.6. The number of nitrogens with zero attached hydrogens (tertiary/aromatic N) is 1. The van der Waals surface area contributed by atoms with Crippen molar-refractivity contribution in [2.75, 3.05) is 40.5 Å². The molecule has 2 unspecified atom stereocenters. The molecule has 0 aromatic heterocycles. The fraction of sp³-hybridized carbons (Fsp3) is 0.774. The highest BCUT2D eigenvalue weighted by molar-refractivity contribution is 7.47. The number of phosphoric ester groups is 1. The molecule has 0 radical (unpaired) electrons. The first-order valence-electron chi connectivity index (χ1n) is 15.3. The molecular weight excluding hydrogens is 513 g/mol. The highest BCUT2D eigenvalue weighted by atomic mass is 31.2. The quantitative estimate of drug-likeness (QED) is 0.0894. The Bertz CT molecular complexity index is 786. The lowest BCUT2D eigenvalue weighted by Crippen LogP contribution is -2.17. The highest BCUT2D eigenvalue weighted by Gasteiger charge is 2.24. The zero-order chi connectivity index (χ0) is 28.8. The van der Waals surface area contributed by atoms with Crippen LogP contribution in [-0.4, -0.2) is 56.0 Å². The molecule has 0 saturated heterocycles. The Morgan fingerprint density at radius 3 is 2.03 bits per heavy atom. The number of rotatable bonds is 26. The van der Waals surface area contributed by atoms with Crippen LogP contribution in [-0.2, 0) is 24.8 Å². The van der Waals surface area contributed by atoms with E-state index in [2.05, 4.69) is 11.8 Å². The number of phosphoric acid groups is 1. The van der Waals surface area contributed by atoms with Crippen molar-refractivity contribution in [1.82, 2.24) is 4.90 Å². The van der Waals surface area contributed by atoms with Crippen molar-refractivity contribution in [3.8, 4) is 5.75 Å². The van der Waals surface area contributed by atoms with Gasteiger partial charge in [0.2, 0.25) is 0 Å². The Morgan fingerprint density at radius 1 is 0.846 bits per heavy atom. The van der Waals surface area contributed by atoms with Crippen LogP contribution in [0.25, 0.3) is 0 Å². The highest BCUT2D eigenvalue weighted by Crippen LogP contribution is 2.44. The van der Waals surface area contributed by atoms with Gasteiger partial charge in [0.05, 0.1) is 19.8 Å². The molecule has 0 amide bonds. The van der Waals surface area contributed by atoms with E-state index in [1.54, 1.807) is 0 Å². The second-order valence-electron chi connectivity index (χ2n) is 10.9. The van der Waals surface area contributed by atoms with Crippen molar-refractivity contribution in [3.63, 3.8) is 0 Å². The molecule has 0 bridgehead atoms. The lowest BCUT2D eigenvalue weighted by atomic mass is 9.94. The van der Waals surface area contributed by atoms with Gasteiger partial charge in [0, 0.05) is 12.8 Å². The molecule has 0 spiro atoms. The molecule has 0 aliphatic carbocycles. The molecule has 8 heteroatoms. The molecular formula is C31H56NO6P. The first kappa shape index (κ1) is 35.8. The van der Waals surface area contributed by atoms with Crippen LogP contribution in [0.5, 0.6) is 5.75 Å². The van der Waals surface area contributed by atoms with Gasteiger partial charge in [-0.25, -0.2) is 4.57 Å². The second-order valence-corrected chi connectivity index (χ2v) is 12.4. The maximum atomic E-state index is 12.3. The molecule has 7 nitrogen and oxygen atoms in total. The summed E-state index contributed by atoms with van der Waals surface area (Å²) < 4.78 is 28.6. The normalized spacial score (nSPS) is 13.9. The molecule has 0 saturated carbocycles. The van der Waals surface area contributed by atoms with E-state index in [4.69, 9.17) is 13.8 Å². The van der Waals surface area contributed by atoms with Gasteiger partial charge >= 0.3 is 7.82 Å². The molecule has 0 heterocycles. The van der Waals surface area contributed by atoms with Gasteiger partial charge in [-0.3, -0.25) is 13.8 Å². The maximum absolute atomic E-state index is 12.3. The van der Waals surface area contributed by atoms with E-state index >= 15 is 0 Å². The van der Waals surface area contributed by atoms with Gasteiger partial charge in [0.25, 0.3) is 0 Å². The third kappa shape index (κ3) is 20.3. The first-order chi connectivity index (χ1) is 18.8. The van der Waals surface area contributed by atoms with Gasteiger partial charge in [-0.05, 0) is 69.9 Å². The molecule has 0 fully saturated rings. The summed E-state index contributed by atoms with van der Waals surface area (Å²) >= 11 is 0. The van der Waals surface area contributed by atoms with E-state index in [1.165, 1.54) is 57.8 Å². The van der Waals surface area contributed by atoms with Crippen molar-refractivity contribution >= 4 is 13.6 Å². The van der Waals surface area contributed by atoms with E-state index in [1.807, 2.05) is 45.3 Å². The summed E-state index contributed by atoms with van der Waals surface area (Å²) in [7, 11) is -0.182. The number of hydrogen-bond donors (Lipinski definition) is 1. The van der Waals surface area contributed by atoms with E-state index in [0.29, 0.717) is 25.7 Å². The molecule has 1 aromatic rings. The zero-order valence-corrected chi connectivity index (χ0v) is 26.1. The van der Waals surface area contributed by atoms with E-state index in [-0.39, 0.29) is 24.9 Å². The van der Waals surface area contributed by atoms with Crippen LogP contribution in [0.15, 0.2) is 24.3 Å². The van der Waals surface area contributed by atoms with Crippen LogP contribution in [0.1, 0.15) is 109 Å². The number of unbranched alkanes of at least 4 members (excludes halogenated alkanes) is 10. The molecule has 0 aliphatic heterocycles. The third-order valence-corrected chi connectivity index (χ3v) is 7.84. The van der Waals surface area contributed by atoms with Gasteiger partial charge in [-0.15, -0.1) is 0 Å². The lowest BCUT2D eigenvalue weighted by Gasteiger charge is -2.19. The van der Waals surface area contributed by atoms with E-state index < -0.39 is 7.82 Å². The molecule has 1 rings (SSSR count). The van der Waals surface area contributed by atoms with Crippen molar-refractivity contribution < 1.29 is 28.0 Å². The molecule has 0 aliphatic rings. The van der Waals surface area contributed by atoms with Gasteiger partial charge in [-0.1, -0.05) is 83.8 Å². The molecule has 1 N–H and O–H groups in total. The Labute approximate surface area is 238 Å². The molecule has 226 valence electrons. The van der Waals surface area contributed by atoms with Crippen molar-refractivity contribution in [2.45, 2.75) is 110 Å². The molecule has 39 heavy (non-hydrogen) atoms. The van der Waals surface area contributed by atoms with E-state index in [0.717, 1.165) is 37.3 Å². The summed E-state index contributed by atoms with van der Waals surface area (Å²) in [5.74, 6) is 0.751. The van der Waals surface area contributed by atoms with Crippen molar-refractivity contribution in [1.29, 1.82) is 0 Å². The predicted octanol–water partition coefficient (Wildman–Crippen LogP) is 7.99. The van der Waals surface area contributed by atoms with Crippen LogP contribution >= 0.6 is 7.82 Å². The second kappa shape index (κ2) is 22.4. The topological polar surface area (TPSA) is 85.3 Å². The predicted molar refractivity (Wildman–Crippen MR) is 160 cm³/mol. The third-order valence-electron chi connectivity index (χ3n) is 6.85. The van der Waals surface area contributed by atoms with Crippen LogP contribution in [0.4, 0.5) is 0 Å². The average Bonchev–Trinajstić information content (AvgIpc) is 2.90. The van der Waals surface area contributed by atoms with Crippen molar-refractivity contribution in [2.24, 2.45) is 5.92 Å². The number of carbonyl (C=O) groups is 1. The minimum absolute atomic E-state index is 0.00575. The minimum atomic E-state index is -4.15. The minimum Gasteiger partial charge on any atom is -0.494 e. The van der Waals surface area contributed by atoms with Crippen molar-refractivity contribution in [3.05, 3.63) is 29.8 Å². The average molecular weight is 570 g/mol. The Morgan fingerprint density at radius 2 is 1.44 bits per heavy atom. The summed E-state index contributed by atoms with van der Waals surface area (Å²) in [6.07, 6.45) is 15.9. The van der Waals surface area contributed by atoms with Crippen LogP contribution in [0.3, 0.4) is 0 Å². The summed E-state index contributed by atoms with van der Waals surface area (Å²) in [5, 5.41) is 0. The Hall–Kier alpha value is -1.24. The van der Waals surface area contributed by atoms with Gasteiger partial charge in [0.15, 0.2) is 0 Å². The summed E-state index contributed by atoms with van der Waals surface area (Å²) in [6, 6.07) is 7.91. The van der Waals surface area contributed by atoms with Crippen LogP contribution in [0.2, 0.25) is 0 Å². The monoisotopic (exact) mass is 569 g/mol. The smallest absolute Gasteiger partial charge is 0.472 e. The van der Waals surface area contributed by atoms with Crippen LogP contribution < -0.4 is 4.74 Å². The zero-order valence-electron chi connectivity index (χ0n) is 25.2. The van der Waals surface area contributed by atoms with Gasteiger partial charge < -0.3 is 14.5 Å². The fourth-order valence-corrected chi connectivity index (χ4v) is 5.27. The number of ether oxygens (including phenoxy) is 1. The summed E-state index contributed by atoms with van der Waals surface area (Å²) in [4.78, 5) is 24.3. The number of hydrogen-bond acceptors (Lipinski definition) is 6.